The molecule has 2 atom stereocenters. The zero-order valence-corrected chi connectivity index (χ0v) is 23.9. The lowest BCUT2D eigenvalue weighted by Crippen LogP contribution is -2.30. The molecule has 0 heterocycles. The Morgan fingerprint density at radius 2 is 1.36 bits per heavy atom. The van der Waals surface area contributed by atoms with Gasteiger partial charge in [0.25, 0.3) is 0 Å². The number of esters is 2. The maximum Gasteiger partial charge on any atom is 0.306 e. The summed E-state index contributed by atoms with van der Waals surface area (Å²) in [6.07, 6.45) is 16.8. The van der Waals surface area contributed by atoms with Crippen molar-refractivity contribution in [1.29, 1.82) is 0 Å². The maximum absolute atomic E-state index is 12.0. The summed E-state index contributed by atoms with van der Waals surface area (Å²) in [5.41, 5.74) is 1.77. The van der Waals surface area contributed by atoms with Crippen LogP contribution in [0.3, 0.4) is 0 Å². The highest BCUT2D eigenvalue weighted by atomic mass is 16.6. The zero-order chi connectivity index (χ0) is 26.6. The van der Waals surface area contributed by atoms with Crippen molar-refractivity contribution in [3.8, 4) is 0 Å². The second kappa shape index (κ2) is 11.4. The predicted octanol–water partition coefficient (Wildman–Crippen LogP) is 7.05. The first kappa shape index (κ1) is 28.9. The van der Waals surface area contributed by atoms with E-state index in [-0.39, 0.29) is 42.4 Å². The third-order valence-corrected chi connectivity index (χ3v) is 8.94. The van der Waals surface area contributed by atoms with Crippen LogP contribution in [0.1, 0.15) is 99.8 Å². The van der Waals surface area contributed by atoms with Crippen LogP contribution < -0.4 is 0 Å². The lowest BCUT2D eigenvalue weighted by atomic mass is 9.90. The van der Waals surface area contributed by atoms with Gasteiger partial charge in [-0.15, -0.1) is 0 Å². The first-order valence-corrected chi connectivity index (χ1v) is 14.1. The fourth-order valence-electron chi connectivity index (χ4n) is 5.66. The average molecular weight is 503 g/mol. The molecule has 0 aliphatic heterocycles. The van der Waals surface area contributed by atoms with Crippen molar-refractivity contribution in [3.63, 3.8) is 0 Å². The Hall–Kier alpha value is -1.62. The van der Waals surface area contributed by atoms with E-state index < -0.39 is 6.10 Å². The summed E-state index contributed by atoms with van der Waals surface area (Å²) in [7, 11) is 0. The van der Waals surface area contributed by atoms with E-state index in [0.717, 1.165) is 19.3 Å². The van der Waals surface area contributed by atoms with Crippen LogP contribution in [0.2, 0.25) is 0 Å². The van der Waals surface area contributed by atoms with Crippen LogP contribution in [0.4, 0.5) is 0 Å². The van der Waals surface area contributed by atoms with Gasteiger partial charge in [-0.1, -0.05) is 72.8 Å². The second-order valence-electron chi connectivity index (χ2n) is 13.5. The van der Waals surface area contributed by atoms with Gasteiger partial charge in [0.1, 0.15) is 19.3 Å². The van der Waals surface area contributed by atoms with Crippen LogP contribution in [-0.2, 0) is 23.8 Å². The Morgan fingerprint density at radius 1 is 0.806 bits per heavy atom. The molecule has 0 aromatic heterocycles. The minimum atomic E-state index is -0.434. The van der Waals surface area contributed by atoms with E-state index in [2.05, 4.69) is 45.1 Å². The molecule has 3 rings (SSSR count). The first-order chi connectivity index (χ1) is 16.8. The van der Waals surface area contributed by atoms with Crippen LogP contribution in [-0.4, -0.2) is 37.9 Å². The number of carbonyl (C=O) groups is 2. The number of hydrogen-bond acceptors (Lipinski definition) is 5. The van der Waals surface area contributed by atoms with E-state index in [1.165, 1.54) is 19.3 Å². The van der Waals surface area contributed by atoms with Gasteiger partial charge in [0, 0.05) is 19.4 Å². The molecule has 2 unspecified atom stereocenters. The number of rotatable bonds is 17. The van der Waals surface area contributed by atoms with E-state index in [1.807, 2.05) is 27.7 Å². The van der Waals surface area contributed by atoms with Gasteiger partial charge in [0.2, 0.25) is 0 Å². The molecule has 0 N–H and O–H groups in total. The summed E-state index contributed by atoms with van der Waals surface area (Å²) in [6, 6.07) is 0. The highest BCUT2D eigenvalue weighted by Crippen LogP contribution is 2.86. The van der Waals surface area contributed by atoms with Gasteiger partial charge in [-0.05, 0) is 72.0 Å². The van der Waals surface area contributed by atoms with E-state index in [9.17, 15) is 9.59 Å². The molecule has 36 heavy (non-hydrogen) atoms. The van der Waals surface area contributed by atoms with Gasteiger partial charge >= 0.3 is 11.9 Å². The summed E-state index contributed by atoms with van der Waals surface area (Å²) in [6.45, 7) is 15.8. The molecule has 0 spiro atoms. The Bertz CT molecular complexity index is 808. The van der Waals surface area contributed by atoms with Crippen LogP contribution in [0.15, 0.2) is 24.3 Å². The monoisotopic (exact) mass is 502 g/mol. The Kier molecular flexibility index (Phi) is 9.17. The number of carbonyl (C=O) groups excluding carboxylic acids is 2. The van der Waals surface area contributed by atoms with Crippen LogP contribution >= 0.6 is 0 Å². The van der Waals surface area contributed by atoms with Gasteiger partial charge in [0.05, 0.1) is 0 Å². The van der Waals surface area contributed by atoms with E-state index in [4.69, 9.17) is 14.2 Å². The van der Waals surface area contributed by atoms with Crippen molar-refractivity contribution in [2.45, 2.75) is 106 Å². The van der Waals surface area contributed by atoms with Crippen molar-refractivity contribution in [2.75, 3.05) is 19.8 Å². The maximum atomic E-state index is 12.0. The summed E-state index contributed by atoms with van der Waals surface area (Å²) in [5.74, 6) is 0.00671. The lowest BCUT2D eigenvalue weighted by molar-refractivity contribution is -0.156. The minimum absolute atomic E-state index is 0.116. The minimum Gasteiger partial charge on any atom is -0.463 e. The number of allylic oxidation sites excluding steroid dienone is 4. The highest BCUT2D eigenvalue weighted by Gasteiger charge is 2.78. The van der Waals surface area contributed by atoms with Crippen molar-refractivity contribution in [1.82, 2.24) is 0 Å². The fourth-order valence-corrected chi connectivity index (χ4v) is 5.66. The van der Waals surface area contributed by atoms with Crippen molar-refractivity contribution >= 4 is 11.9 Å². The first-order valence-electron chi connectivity index (χ1n) is 14.1. The summed E-state index contributed by atoms with van der Waals surface area (Å²) >= 11 is 0. The van der Waals surface area contributed by atoms with Crippen molar-refractivity contribution in [3.05, 3.63) is 24.3 Å². The largest absolute Gasteiger partial charge is 0.463 e. The molecule has 0 aromatic carbocycles. The van der Waals surface area contributed by atoms with E-state index in [1.54, 1.807) is 0 Å². The van der Waals surface area contributed by atoms with Crippen molar-refractivity contribution in [2.24, 2.45) is 33.5 Å². The van der Waals surface area contributed by atoms with Crippen molar-refractivity contribution < 1.29 is 23.8 Å². The summed E-state index contributed by atoms with van der Waals surface area (Å²) in [5, 5.41) is 0. The normalized spacial score (nSPS) is 32.5. The summed E-state index contributed by atoms with van der Waals surface area (Å²) in [4.78, 5) is 24.0. The number of ether oxygens (including phenoxy) is 3. The van der Waals surface area contributed by atoms with Gasteiger partial charge in [-0.25, -0.2) is 0 Å². The standard InChI is InChI=1S/C31H50O5/c1-23(2)16-26(32)35-18-25(19-36-27(33)17-24(3)4)34-15-14-29(6)20-28(29,5)12-10-8-9-11-13-31-21-30(31,7)22-31/h8,10-11,13,23-25H,9,12,14-22H2,1-7H3/b10-8-,13-11-. The highest BCUT2D eigenvalue weighted by molar-refractivity contribution is 5.70. The van der Waals surface area contributed by atoms with E-state index >= 15 is 0 Å². The predicted molar refractivity (Wildman–Crippen MR) is 143 cm³/mol. The SMILES string of the molecule is CC(C)CC(=O)OCC(COC(=O)CC(C)C)OCCC1(C)CC1(C)C/C=C\C/C=C\C12CC1(C)C2. The third kappa shape index (κ3) is 7.69. The lowest BCUT2D eigenvalue weighted by Gasteiger charge is -2.22. The Labute approximate surface area is 219 Å². The molecule has 204 valence electrons. The molecular weight excluding hydrogens is 452 g/mol. The quantitative estimate of drug-likeness (QED) is 0.157. The molecule has 3 saturated carbocycles. The molecular formula is C31H50O5. The molecule has 3 aliphatic carbocycles. The molecule has 5 heteroatoms. The van der Waals surface area contributed by atoms with Gasteiger partial charge < -0.3 is 14.2 Å². The molecule has 5 nitrogen and oxygen atoms in total. The van der Waals surface area contributed by atoms with Gasteiger partial charge in [-0.2, -0.15) is 0 Å². The second-order valence-corrected chi connectivity index (χ2v) is 13.5. The molecule has 0 saturated heterocycles. The van der Waals surface area contributed by atoms with Gasteiger partial charge in [-0.3, -0.25) is 9.59 Å². The Balaban J connectivity index is 1.38. The Morgan fingerprint density at radius 3 is 1.86 bits per heavy atom. The average Bonchev–Trinajstić information content (AvgIpc) is 3.64. The van der Waals surface area contributed by atoms with E-state index in [0.29, 0.717) is 35.7 Å². The van der Waals surface area contributed by atoms with Crippen LogP contribution in [0.5, 0.6) is 0 Å². The number of hydrogen-bond donors (Lipinski definition) is 0. The third-order valence-electron chi connectivity index (χ3n) is 8.94. The van der Waals surface area contributed by atoms with Crippen LogP contribution in [0, 0.1) is 33.5 Å². The molecule has 0 aromatic rings. The molecule has 0 amide bonds. The molecule has 3 aliphatic rings. The smallest absolute Gasteiger partial charge is 0.306 e. The molecule has 0 radical (unpaired) electrons. The summed E-state index contributed by atoms with van der Waals surface area (Å²) < 4.78 is 16.9. The molecule has 3 fully saturated rings. The number of fused-ring (bicyclic) bond motifs is 1. The molecule has 0 bridgehead atoms. The van der Waals surface area contributed by atoms with Gasteiger partial charge in [0.15, 0.2) is 0 Å². The van der Waals surface area contributed by atoms with Crippen LogP contribution in [0.25, 0.3) is 0 Å². The topological polar surface area (TPSA) is 61.8 Å². The fraction of sp³-hybridized carbons (Fsp3) is 0.806. The zero-order valence-electron chi connectivity index (χ0n) is 23.9.